The minimum absolute atomic E-state index is 0.549. The number of benzene rings is 10. The Balaban J connectivity index is 1.02. The van der Waals surface area contributed by atoms with Gasteiger partial charge in [0.25, 0.3) is 0 Å². The molecule has 0 N–H and O–H groups in total. The van der Waals surface area contributed by atoms with Crippen LogP contribution in [0.15, 0.2) is 199 Å². The molecule has 63 heavy (non-hydrogen) atoms. The van der Waals surface area contributed by atoms with Gasteiger partial charge in [-0.05, 0) is 108 Å². The van der Waals surface area contributed by atoms with Crippen molar-refractivity contribution >= 4 is 75.1 Å². The highest BCUT2D eigenvalue weighted by molar-refractivity contribution is 7.26. The maximum Gasteiger partial charge on any atom is 0.160 e. The molecule has 0 fully saturated rings. The Morgan fingerprint density at radius 2 is 1.03 bits per heavy atom. The third-order valence-electron chi connectivity index (χ3n) is 14.1. The average molecular weight is 817 g/mol. The van der Waals surface area contributed by atoms with Gasteiger partial charge in [-0.25, -0.2) is 9.97 Å². The minimum atomic E-state index is -0.549. The lowest BCUT2D eigenvalue weighted by Gasteiger charge is -2.30. The van der Waals surface area contributed by atoms with E-state index < -0.39 is 5.41 Å². The van der Waals surface area contributed by atoms with E-state index in [-0.39, 0.29) is 0 Å². The molecule has 13 aromatic rings. The van der Waals surface area contributed by atoms with E-state index >= 15 is 0 Å². The van der Waals surface area contributed by atoms with E-state index in [0.717, 1.165) is 49.4 Å². The maximum atomic E-state index is 6.41. The first-order valence-electron chi connectivity index (χ1n) is 21.6. The van der Waals surface area contributed by atoms with Crippen molar-refractivity contribution in [1.82, 2.24) is 9.97 Å². The van der Waals surface area contributed by atoms with Crippen LogP contribution >= 0.6 is 11.3 Å². The highest BCUT2D eigenvalue weighted by Crippen LogP contribution is 2.64. The minimum Gasteiger partial charge on any atom is -0.456 e. The molecule has 3 heterocycles. The van der Waals surface area contributed by atoms with Gasteiger partial charge < -0.3 is 4.42 Å². The molecule has 0 bridgehead atoms. The molecule has 2 aliphatic carbocycles. The Kier molecular flexibility index (Phi) is 6.50. The first-order valence-corrected chi connectivity index (χ1v) is 22.4. The molecule has 0 atom stereocenters. The van der Waals surface area contributed by atoms with E-state index in [1.807, 2.05) is 0 Å². The van der Waals surface area contributed by atoms with Crippen LogP contribution in [0.25, 0.3) is 120 Å². The molecule has 4 heteroatoms. The Hall–Kier alpha value is -7.92. The molecule has 0 unspecified atom stereocenters. The zero-order valence-electron chi connectivity index (χ0n) is 33.7. The van der Waals surface area contributed by atoms with Crippen LogP contribution in [0, 0.1) is 0 Å². The average Bonchev–Trinajstić information content (AvgIpc) is 4.09. The van der Waals surface area contributed by atoms with Crippen LogP contribution < -0.4 is 0 Å². The third kappa shape index (κ3) is 4.28. The van der Waals surface area contributed by atoms with E-state index in [1.165, 1.54) is 92.7 Å². The zero-order valence-corrected chi connectivity index (χ0v) is 34.5. The van der Waals surface area contributed by atoms with Crippen molar-refractivity contribution in [1.29, 1.82) is 0 Å². The summed E-state index contributed by atoms with van der Waals surface area (Å²) in [5.41, 5.74) is 18.1. The summed E-state index contributed by atoms with van der Waals surface area (Å²) in [5.74, 6) is 0.733. The van der Waals surface area contributed by atoms with Crippen LogP contribution in [0.3, 0.4) is 0 Å². The van der Waals surface area contributed by atoms with Crippen molar-refractivity contribution < 1.29 is 4.42 Å². The summed E-state index contributed by atoms with van der Waals surface area (Å²) >= 11 is 1.77. The Morgan fingerprint density at radius 1 is 0.397 bits per heavy atom. The lowest BCUT2D eigenvalue weighted by Crippen LogP contribution is -2.26. The Morgan fingerprint density at radius 3 is 1.83 bits per heavy atom. The number of furan rings is 1. The Labute approximate surface area is 365 Å². The van der Waals surface area contributed by atoms with Crippen LogP contribution in [0.5, 0.6) is 0 Å². The van der Waals surface area contributed by atoms with Gasteiger partial charge in [0, 0.05) is 32.0 Å². The lowest BCUT2D eigenvalue weighted by atomic mass is 9.70. The SMILES string of the molecule is c1ccc(-c2nc(-c3ccc4c(c3)C3(c5ccccc5-c5ccccc53)c3cccc(-c5ccc6c(c5)c5cccc7oc8cccc6c8c75)c3-4)nc3c2sc2ccccc23)cc1. The molecule has 0 saturated carbocycles. The number of thiophene rings is 1. The van der Waals surface area contributed by atoms with Crippen molar-refractivity contribution in [3.8, 4) is 56.0 Å². The fraction of sp³-hybridized carbons (Fsp3) is 0.0169. The molecular weight excluding hydrogens is 785 g/mol. The van der Waals surface area contributed by atoms with Crippen LogP contribution in [-0.4, -0.2) is 9.97 Å². The molecule has 2 aliphatic rings. The van der Waals surface area contributed by atoms with E-state index in [1.54, 1.807) is 11.3 Å². The van der Waals surface area contributed by atoms with E-state index in [4.69, 9.17) is 14.4 Å². The summed E-state index contributed by atoms with van der Waals surface area (Å²) in [6.45, 7) is 0. The van der Waals surface area contributed by atoms with Gasteiger partial charge >= 0.3 is 0 Å². The predicted molar refractivity (Wildman–Crippen MR) is 261 cm³/mol. The Bertz CT molecular complexity index is 4060. The summed E-state index contributed by atoms with van der Waals surface area (Å²) in [6, 6.07) is 71.2. The van der Waals surface area contributed by atoms with Crippen molar-refractivity contribution in [2.75, 3.05) is 0 Å². The number of hydrogen-bond acceptors (Lipinski definition) is 4. The molecule has 0 radical (unpaired) electrons. The molecule has 15 rings (SSSR count). The first kappa shape index (κ1) is 33.8. The van der Waals surface area contributed by atoms with Gasteiger partial charge in [-0.1, -0.05) is 164 Å². The lowest BCUT2D eigenvalue weighted by molar-refractivity contribution is 0.669. The van der Waals surface area contributed by atoms with Crippen LogP contribution in [0.4, 0.5) is 0 Å². The normalized spacial score (nSPS) is 13.5. The van der Waals surface area contributed by atoms with Gasteiger partial charge in [0.2, 0.25) is 0 Å². The highest BCUT2D eigenvalue weighted by Gasteiger charge is 2.52. The first-order chi connectivity index (χ1) is 31.2. The smallest absolute Gasteiger partial charge is 0.160 e. The van der Waals surface area contributed by atoms with Crippen molar-refractivity contribution in [3.05, 3.63) is 216 Å². The highest BCUT2D eigenvalue weighted by atomic mass is 32.1. The molecule has 290 valence electrons. The number of rotatable bonds is 3. The van der Waals surface area contributed by atoms with E-state index in [9.17, 15) is 0 Å². The maximum absolute atomic E-state index is 6.41. The van der Waals surface area contributed by atoms with E-state index in [0.29, 0.717) is 0 Å². The molecule has 0 aliphatic heterocycles. The van der Waals surface area contributed by atoms with Gasteiger partial charge in [0.05, 0.1) is 21.3 Å². The van der Waals surface area contributed by atoms with E-state index in [2.05, 4.69) is 194 Å². The van der Waals surface area contributed by atoms with Crippen LogP contribution in [0.2, 0.25) is 0 Å². The second kappa shape index (κ2) is 12.1. The fourth-order valence-corrected chi connectivity index (χ4v) is 12.7. The van der Waals surface area contributed by atoms with Gasteiger partial charge in [0.1, 0.15) is 11.2 Å². The molecular formula is C59H32N2OS. The molecule has 10 aromatic carbocycles. The third-order valence-corrected chi connectivity index (χ3v) is 15.2. The van der Waals surface area contributed by atoms with Gasteiger partial charge in [-0.2, -0.15) is 0 Å². The molecule has 1 spiro atoms. The quantitative estimate of drug-likeness (QED) is 0.167. The molecule has 0 saturated heterocycles. The number of fused-ring (bicyclic) bond motifs is 16. The second-order valence-electron chi connectivity index (χ2n) is 17.1. The predicted octanol–water partition coefficient (Wildman–Crippen LogP) is 15.8. The largest absolute Gasteiger partial charge is 0.456 e. The number of nitrogens with zero attached hydrogens (tertiary/aromatic N) is 2. The summed E-state index contributed by atoms with van der Waals surface area (Å²) in [4.78, 5) is 10.9. The van der Waals surface area contributed by atoms with Gasteiger partial charge in [0.15, 0.2) is 5.82 Å². The van der Waals surface area contributed by atoms with Crippen LogP contribution in [-0.2, 0) is 5.41 Å². The standard InChI is InChI=1S/C59H32N2OS/c1-2-13-33(14-3-1)55-57-56(43-17-6-9-26-51(43)63-57)61-58(60-55)35-28-30-42-48(32-35)59(45-21-7-4-15-38(45)39-16-5-8-22-46(39)59)47-23-10-18-36(52(42)47)34-27-29-37-40-19-11-24-49-53(40)54-41(44(37)31-34)20-12-25-50(54)62-49/h1-32H. The summed E-state index contributed by atoms with van der Waals surface area (Å²) in [6.07, 6.45) is 0. The summed E-state index contributed by atoms with van der Waals surface area (Å²) in [5, 5.41) is 8.50. The van der Waals surface area contributed by atoms with Crippen molar-refractivity contribution in [2.24, 2.45) is 0 Å². The summed E-state index contributed by atoms with van der Waals surface area (Å²) in [7, 11) is 0. The zero-order chi connectivity index (χ0) is 41.0. The topological polar surface area (TPSA) is 38.9 Å². The van der Waals surface area contributed by atoms with Gasteiger partial charge in [-0.3, -0.25) is 0 Å². The van der Waals surface area contributed by atoms with Crippen LogP contribution in [0.1, 0.15) is 22.3 Å². The molecule has 0 amide bonds. The molecule has 3 aromatic heterocycles. The van der Waals surface area contributed by atoms with Crippen molar-refractivity contribution in [3.63, 3.8) is 0 Å². The monoisotopic (exact) mass is 816 g/mol. The number of hydrogen-bond donors (Lipinski definition) is 0. The fourth-order valence-electron chi connectivity index (χ4n) is 11.6. The van der Waals surface area contributed by atoms with Gasteiger partial charge in [-0.15, -0.1) is 11.3 Å². The summed E-state index contributed by atoms with van der Waals surface area (Å²) < 4.78 is 8.74. The van der Waals surface area contributed by atoms with Crippen molar-refractivity contribution in [2.45, 2.75) is 5.41 Å². The second-order valence-corrected chi connectivity index (χ2v) is 18.1. The molecule has 3 nitrogen and oxygen atoms in total. The number of aromatic nitrogens is 2.